The van der Waals surface area contributed by atoms with Crippen LogP contribution in [0.2, 0.25) is 0 Å². The van der Waals surface area contributed by atoms with Gasteiger partial charge in [0.1, 0.15) is 12.2 Å². The van der Waals surface area contributed by atoms with E-state index in [1.807, 2.05) is 6.92 Å². The van der Waals surface area contributed by atoms with E-state index in [0.717, 1.165) is 12.8 Å². The highest BCUT2D eigenvalue weighted by Crippen LogP contribution is 2.41. The molecule has 0 aromatic heterocycles. The molecule has 3 heteroatoms. The molecular weight excluding hydrogens is 144 g/mol. The Balaban J connectivity index is 2.30. The predicted molar refractivity (Wildman–Crippen MR) is 38.1 cm³/mol. The Hall–Kier alpha value is -0.570. The lowest BCUT2D eigenvalue weighted by molar-refractivity contribution is -0.207. The van der Waals surface area contributed by atoms with Crippen molar-refractivity contribution < 1.29 is 14.3 Å². The van der Waals surface area contributed by atoms with Crippen molar-refractivity contribution in [3.63, 3.8) is 0 Å². The number of hydrogen-bond donors (Lipinski definition) is 0. The summed E-state index contributed by atoms with van der Waals surface area (Å²) in [5.41, 5.74) is -0.852. The Kier molecular flexibility index (Phi) is 1.15. The highest BCUT2D eigenvalue weighted by atomic mass is 16.6. The molecule has 2 aliphatic rings. The number of hydrogen-bond acceptors (Lipinski definition) is 3. The van der Waals surface area contributed by atoms with Crippen LogP contribution in [-0.2, 0) is 14.3 Å². The number of cyclic esters (lactones) is 1. The van der Waals surface area contributed by atoms with Gasteiger partial charge in [0.2, 0.25) is 0 Å². The average Bonchev–Trinajstić information content (AvgIpc) is 2.20. The fraction of sp³-hybridized carbons (Fsp3) is 0.875. The molecule has 0 aromatic carbocycles. The summed E-state index contributed by atoms with van der Waals surface area (Å²) in [7, 11) is 0. The van der Waals surface area contributed by atoms with Gasteiger partial charge in [-0.05, 0) is 26.7 Å². The summed E-state index contributed by atoms with van der Waals surface area (Å²) < 4.78 is 10.6. The predicted octanol–water partition coefficient (Wildman–Crippen LogP) is 0.871. The third-order valence-electron chi connectivity index (χ3n) is 2.54. The molecule has 2 fully saturated rings. The van der Waals surface area contributed by atoms with E-state index in [9.17, 15) is 4.79 Å². The Morgan fingerprint density at radius 3 is 2.73 bits per heavy atom. The summed E-state index contributed by atoms with van der Waals surface area (Å²) >= 11 is 0. The number of rotatable bonds is 0. The molecule has 2 rings (SSSR count). The largest absolute Gasteiger partial charge is 0.460 e. The smallest absolute Gasteiger partial charge is 0.338 e. The number of esters is 1. The van der Waals surface area contributed by atoms with Crippen LogP contribution >= 0.6 is 0 Å². The topological polar surface area (TPSA) is 35.5 Å². The van der Waals surface area contributed by atoms with Crippen molar-refractivity contribution in [1.82, 2.24) is 0 Å². The monoisotopic (exact) mass is 156 g/mol. The SMILES string of the molecule is C[C@@]12CC[C@@](C)(O1)C(=O)OC2. The van der Waals surface area contributed by atoms with Crippen LogP contribution < -0.4 is 0 Å². The molecule has 2 heterocycles. The summed E-state index contributed by atoms with van der Waals surface area (Å²) in [5, 5.41) is 0. The van der Waals surface area contributed by atoms with E-state index < -0.39 is 5.60 Å². The van der Waals surface area contributed by atoms with Gasteiger partial charge < -0.3 is 9.47 Å². The summed E-state index contributed by atoms with van der Waals surface area (Å²) in [6.07, 6.45) is 1.72. The molecule has 0 aromatic rings. The third-order valence-corrected chi connectivity index (χ3v) is 2.54. The molecule has 62 valence electrons. The summed E-state index contributed by atoms with van der Waals surface area (Å²) in [6, 6.07) is 0. The van der Waals surface area contributed by atoms with E-state index in [1.54, 1.807) is 6.92 Å². The minimum atomic E-state index is -0.646. The van der Waals surface area contributed by atoms with E-state index in [0.29, 0.717) is 6.61 Å². The van der Waals surface area contributed by atoms with Crippen molar-refractivity contribution >= 4 is 5.97 Å². The molecule has 0 N–H and O–H groups in total. The zero-order valence-corrected chi connectivity index (χ0v) is 6.85. The molecule has 0 saturated carbocycles. The highest BCUT2D eigenvalue weighted by Gasteiger charge is 2.53. The molecular formula is C8H12O3. The average molecular weight is 156 g/mol. The lowest BCUT2D eigenvalue weighted by Crippen LogP contribution is -2.47. The van der Waals surface area contributed by atoms with Crippen LogP contribution in [0.4, 0.5) is 0 Å². The maximum absolute atomic E-state index is 11.2. The summed E-state index contributed by atoms with van der Waals surface area (Å²) in [4.78, 5) is 11.2. The molecule has 0 unspecified atom stereocenters. The quantitative estimate of drug-likeness (QED) is 0.488. The van der Waals surface area contributed by atoms with Crippen LogP contribution in [0.3, 0.4) is 0 Å². The van der Waals surface area contributed by atoms with Gasteiger partial charge in [0.05, 0.1) is 0 Å². The van der Waals surface area contributed by atoms with Crippen LogP contribution in [0, 0.1) is 0 Å². The molecule has 2 bridgehead atoms. The van der Waals surface area contributed by atoms with Gasteiger partial charge in [-0.15, -0.1) is 0 Å². The van der Waals surface area contributed by atoms with E-state index >= 15 is 0 Å². The van der Waals surface area contributed by atoms with Crippen molar-refractivity contribution in [3.8, 4) is 0 Å². The van der Waals surface area contributed by atoms with E-state index in [4.69, 9.17) is 9.47 Å². The van der Waals surface area contributed by atoms with Crippen LogP contribution in [0.15, 0.2) is 0 Å². The van der Waals surface area contributed by atoms with Gasteiger partial charge in [0.25, 0.3) is 0 Å². The number of carbonyl (C=O) groups excluding carboxylic acids is 1. The van der Waals surface area contributed by atoms with Crippen LogP contribution in [-0.4, -0.2) is 23.8 Å². The molecule has 0 radical (unpaired) electrons. The zero-order chi connectivity index (χ0) is 8.11. The minimum Gasteiger partial charge on any atom is -0.460 e. The third kappa shape index (κ3) is 0.872. The lowest BCUT2D eigenvalue weighted by Gasteiger charge is -2.34. The highest BCUT2D eigenvalue weighted by molar-refractivity contribution is 5.80. The number of ether oxygens (including phenoxy) is 2. The van der Waals surface area contributed by atoms with Crippen molar-refractivity contribution in [2.75, 3.05) is 6.61 Å². The van der Waals surface area contributed by atoms with Crippen molar-refractivity contribution in [2.45, 2.75) is 37.9 Å². The van der Waals surface area contributed by atoms with Gasteiger partial charge in [0, 0.05) is 0 Å². The Morgan fingerprint density at radius 2 is 2.09 bits per heavy atom. The fourth-order valence-electron chi connectivity index (χ4n) is 1.77. The van der Waals surface area contributed by atoms with Crippen LogP contribution in [0.1, 0.15) is 26.7 Å². The van der Waals surface area contributed by atoms with Crippen molar-refractivity contribution in [3.05, 3.63) is 0 Å². The first-order chi connectivity index (χ1) is 5.04. The normalized spacial score (nSPS) is 49.1. The second kappa shape index (κ2) is 1.78. The molecule has 0 aliphatic carbocycles. The summed E-state index contributed by atoms with van der Waals surface area (Å²) in [6.45, 7) is 4.21. The van der Waals surface area contributed by atoms with Gasteiger partial charge in [-0.1, -0.05) is 0 Å². The molecule has 0 spiro atoms. The molecule has 0 amide bonds. The Bertz CT molecular complexity index is 213. The molecule has 2 saturated heterocycles. The number of carbonyl (C=O) groups is 1. The van der Waals surface area contributed by atoms with Crippen molar-refractivity contribution in [1.29, 1.82) is 0 Å². The van der Waals surface area contributed by atoms with Gasteiger partial charge in [-0.3, -0.25) is 0 Å². The van der Waals surface area contributed by atoms with Crippen LogP contribution in [0.25, 0.3) is 0 Å². The second-order valence-electron chi connectivity index (χ2n) is 3.86. The van der Waals surface area contributed by atoms with Gasteiger partial charge in [-0.25, -0.2) is 4.79 Å². The van der Waals surface area contributed by atoms with Gasteiger partial charge in [0.15, 0.2) is 5.60 Å². The zero-order valence-electron chi connectivity index (χ0n) is 6.85. The van der Waals surface area contributed by atoms with Gasteiger partial charge in [-0.2, -0.15) is 0 Å². The molecule has 2 aliphatic heterocycles. The first-order valence-corrected chi connectivity index (χ1v) is 3.92. The Labute approximate surface area is 65.7 Å². The van der Waals surface area contributed by atoms with Crippen molar-refractivity contribution in [2.24, 2.45) is 0 Å². The standard InChI is InChI=1S/C8H12O3/c1-7-3-4-8(2,11-7)6(9)10-5-7/h3-5H2,1-2H3/t7-,8+/m0/s1. The number of fused-ring (bicyclic) bond motifs is 2. The summed E-state index contributed by atoms with van der Waals surface area (Å²) in [5.74, 6) is -0.201. The first kappa shape index (κ1) is 7.10. The van der Waals surface area contributed by atoms with Gasteiger partial charge >= 0.3 is 5.97 Å². The van der Waals surface area contributed by atoms with Crippen LogP contribution in [0.5, 0.6) is 0 Å². The molecule has 2 atom stereocenters. The minimum absolute atomic E-state index is 0.201. The maximum atomic E-state index is 11.2. The maximum Gasteiger partial charge on any atom is 0.338 e. The van der Waals surface area contributed by atoms with E-state index in [-0.39, 0.29) is 11.6 Å². The van der Waals surface area contributed by atoms with E-state index in [1.165, 1.54) is 0 Å². The first-order valence-electron chi connectivity index (χ1n) is 3.92. The lowest BCUT2D eigenvalue weighted by atomic mass is 10.0. The van der Waals surface area contributed by atoms with E-state index in [2.05, 4.69) is 0 Å². The molecule has 11 heavy (non-hydrogen) atoms. The second-order valence-corrected chi connectivity index (χ2v) is 3.86. The Morgan fingerprint density at radius 1 is 1.36 bits per heavy atom. The fourth-order valence-corrected chi connectivity index (χ4v) is 1.77. The molecule has 3 nitrogen and oxygen atoms in total.